The fourth-order valence-corrected chi connectivity index (χ4v) is 5.43. The van der Waals surface area contributed by atoms with E-state index in [-0.39, 0.29) is 60.0 Å². The summed E-state index contributed by atoms with van der Waals surface area (Å²) in [7, 11) is 1.18. The molecule has 2 aliphatic carbocycles. The van der Waals surface area contributed by atoms with Crippen LogP contribution in [-0.2, 0) is 21.9 Å². The summed E-state index contributed by atoms with van der Waals surface area (Å²) in [6.45, 7) is -2.83. The van der Waals surface area contributed by atoms with Gasteiger partial charge in [-0.05, 0) is 31.4 Å². The maximum absolute atomic E-state index is 13.9. The highest BCUT2D eigenvalue weighted by molar-refractivity contribution is 5.87. The zero-order valence-electron chi connectivity index (χ0n) is 25.8. The number of fused-ring (bicyclic) bond motifs is 2. The van der Waals surface area contributed by atoms with Gasteiger partial charge >= 0.3 is 11.8 Å². The quantitative estimate of drug-likeness (QED) is 0.343. The van der Waals surface area contributed by atoms with Crippen LogP contribution in [0.25, 0.3) is 16.6 Å². The zero-order valence-corrected chi connectivity index (χ0v) is 20.8. The summed E-state index contributed by atoms with van der Waals surface area (Å²) >= 11 is 0. The van der Waals surface area contributed by atoms with Gasteiger partial charge in [-0.25, -0.2) is 33.5 Å². The third-order valence-corrected chi connectivity index (χ3v) is 7.46. The monoisotopic (exact) mass is 542 g/mol. The van der Waals surface area contributed by atoms with E-state index in [1.54, 1.807) is 0 Å². The fourth-order valence-electron chi connectivity index (χ4n) is 5.43. The number of aromatic amines is 1. The van der Waals surface area contributed by atoms with Crippen LogP contribution in [0.4, 0.5) is 15.0 Å². The first-order valence-electron chi connectivity index (χ1n) is 14.7. The molecule has 0 saturated heterocycles. The summed E-state index contributed by atoms with van der Waals surface area (Å²) in [5.41, 5.74) is 4.14. The van der Waals surface area contributed by atoms with Crippen molar-refractivity contribution in [2.24, 2.45) is 17.7 Å². The molecule has 2 amide bonds. The maximum Gasteiger partial charge on any atom is 0.407 e. The predicted octanol–water partition coefficient (Wildman–Crippen LogP) is 1.25. The van der Waals surface area contributed by atoms with Crippen LogP contribution in [0.2, 0.25) is 0 Å². The number of ether oxygens (including phenoxy) is 1. The standard InChI is InChI=1S/C25H28FN9O4/c1-33-18-12-28-20(8-17(18)34(24(33)38)15-4-3-14(7-15)30-23(37)39-2)31-19-6-5-16-11-29-22(35(16)32-19)25(21(27)36)9-13(26)10-25/h5-6,8,11-15H,3-4,7,9-10H2,1-2H3,(H2,27,36)(H,30,37)(H,28,31,32)/t13?,14-,15-,25?/m1/s1/i1D3,11D,14D. The second-order valence-corrected chi connectivity index (χ2v) is 9.80. The molecule has 4 aromatic rings. The number of aryl methyl sites for hydroxylation is 1. The van der Waals surface area contributed by atoms with E-state index < -0.39 is 48.3 Å². The van der Waals surface area contributed by atoms with Crippen molar-refractivity contribution in [2.45, 2.75) is 55.8 Å². The van der Waals surface area contributed by atoms with Crippen molar-refractivity contribution < 1.29 is 25.6 Å². The molecule has 14 heteroatoms. The number of alkyl carbamates (subject to hydrolysis) is 1. The average Bonchev–Trinajstić information content (AvgIpc) is 3.56. The number of alkyl halides is 1. The largest absolute Gasteiger partial charge is 0.453 e. The molecule has 4 N–H and O–H groups in total. The molecule has 0 aromatic carbocycles. The lowest BCUT2D eigenvalue weighted by Gasteiger charge is -2.39. The molecular weight excluding hydrogens is 509 g/mol. The molecular formula is C25H28FN9O4. The zero-order chi connectivity index (χ0) is 31.8. The number of pyridine rings is 1. The summed E-state index contributed by atoms with van der Waals surface area (Å²) in [6, 6.07) is 2.45. The predicted molar refractivity (Wildman–Crippen MR) is 137 cm³/mol. The number of hydrogen-bond acceptors (Lipinski definition) is 7. The summed E-state index contributed by atoms with van der Waals surface area (Å²) in [5.74, 6) is -0.593. The summed E-state index contributed by atoms with van der Waals surface area (Å²) < 4.78 is 62.5. The van der Waals surface area contributed by atoms with Gasteiger partial charge in [0, 0.05) is 42.1 Å². The Balaban J connectivity index is 1.46. The molecule has 6 rings (SSSR count). The molecule has 2 aliphatic rings. The van der Waals surface area contributed by atoms with Gasteiger partial charge in [0.25, 0.3) is 0 Å². The Morgan fingerprint density at radius 2 is 2.18 bits per heavy atom. The van der Waals surface area contributed by atoms with Crippen LogP contribution < -0.4 is 22.2 Å². The molecule has 13 nitrogen and oxygen atoms in total. The van der Waals surface area contributed by atoms with Gasteiger partial charge in [-0.15, -0.1) is 0 Å². The molecule has 204 valence electrons. The number of halogens is 1. The number of hydrogen-bond donors (Lipinski definition) is 3. The molecule has 4 heterocycles. The van der Waals surface area contributed by atoms with E-state index in [1.807, 2.05) is 0 Å². The topological polar surface area (TPSA) is 167 Å². The van der Waals surface area contributed by atoms with Crippen LogP contribution in [-0.4, -0.2) is 60.0 Å². The van der Waals surface area contributed by atoms with Crippen molar-refractivity contribution in [3.05, 3.63) is 52.4 Å². The Hall–Kier alpha value is -4.49. The number of rotatable bonds is 5. The third kappa shape index (κ3) is 3.97. The number of nitrogens with two attached hydrogens (primary N) is 1. The molecule has 2 atom stereocenters. The van der Waals surface area contributed by atoms with Crippen LogP contribution in [0.3, 0.4) is 0 Å². The minimum atomic E-state index is -2.83. The number of imidazole rings is 2. The van der Waals surface area contributed by atoms with Crippen LogP contribution in [0.5, 0.6) is 0 Å². The highest BCUT2D eigenvalue weighted by Crippen LogP contribution is 2.44. The number of nitrogens with zero attached hydrogens (tertiary/aromatic N) is 6. The van der Waals surface area contributed by atoms with E-state index >= 15 is 0 Å². The smallest absolute Gasteiger partial charge is 0.407 e. The fraction of sp³-hybridized carbons (Fsp3) is 0.440. The van der Waals surface area contributed by atoms with E-state index in [1.165, 1.54) is 40.6 Å². The summed E-state index contributed by atoms with van der Waals surface area (Å²) in [6.07, 6.45) is -0.780. The van der Waals surface area contributed by atoms with Gasteiger partial charge in [0.05, 0.1) is 38.8 Å². The number of amides is 2. The minimum Gasteiger partial charge on any atom is -0.453 e. The lowest BCUT2D eigenvalue weighted by molar-refractivity contribution is -0.129. The van der Waals surface area contributed by atoms with Crippen LogP contribution >= 0.6 is 0 Å². The first kappa shape index (κ1) is 19.6. The summed E-state index contributed by atoms with van der Waals surface area (Å²) in [4.78, 5) is 50.6. The highest BCUT2D eigenvalue weighted by Gasteiger charge is 2.53. The molecule has 2 fully saturated rings. The Morgan fingerprint density at radius 3 is 2.90 bits per heavy atom. The molecule has 0 unspecified atom stereocenters. The van der Waals surface area contributed by atoms with Gasteiger partial charge in [0.2, 0.25) is 5.91 Å². The molecule has 39 heavy (non-hydrogen) atoms. The molecule has 0 bridgehead atoms. The number of aromatic nitrogens is 6. The van der Waals surface area contributed by atoms with Gasteiger partial charge in [-0.1, -0.05) is 0 Å². The Morgan fingerprint density at radius 1 is 1.36 bits per heavy atom. The minimum absolute atomic E-state index is 0.0155. The third-order valence-electron chi connectivity index (χ3n) is 7.46. The van der Waals surface area contributed by atoms with Gasteiger partial charge in [0.15, 0.2) is 5.82 Å². The molecule has 4 aromatic heterocycles. The van der Waals surface area contributed by atoms with Crippen LogP contribution in [0.15, 0.2) is 40.4 Å². The molecule has 0 aliphatic heterocycles. The second-order valence-electron chi connectivity index (χ2n) is 9.80. The van der Waals surface area contributed by atoms with E-state index in [4.69, 9.17) is 12.6 Å². The lowest BCUT2D eigenvalue weighted by Crippen LogP contribution is -2.53. The van der Waals surface area contributed by atoms with Gasteiger partial charge in [0.1, 0.15) is 22.9 Å². The Labute approximate surface area is 227 Å². The van der Waals surface area contributed by atoms with Gasteiger partial charge in [-0.3, -0.25) is 19.0 Å². The summed E-state index contributed by atoms with van der Waals surface area (Å²) in [5, 5.41) is 5.43. The van der Waals surface area contributed by atoms with Crippen LogP contribution in [0, 0.1) is 0 Å². The van der Waals surface area contributed by atoms with E-state index in [2.05, 4.69) is 30.1 Å². The van der Waals surface area contributed by atoms with E-state index in [0.29, 0.717) is 16.5 Å². The maximum atomic E-state index is 13.9. The Kier molecular flexibility index (Phi) is 4.55. The molecule has 0 spiro atoms. The number of methoxy groups -OCH3 is 1. The number of nitrogens with one attached hydrogen (secondary N) is 2. The van der Waals surface area contributed by atoms with Crippen molar-refractivity contribution >= 4 is 34.4 Å². The van der Waals surface area contributed by atoms with Crippen LogP contribution in [0.1, 0.15) is 50.8 Å². The first-order chi connectivity index (χ1) is 20.7. The number of primary amides is 1. The van der Waals surface area contributed by atoms with Crippen molar-refractivity contribution in [1.29, 1.82) is 0 Å². The Bertz CT molecular complexity index is 1960. The SMILES string of the molecule is [2H]c1nc(C2(C(N)=O)CC(F)C2)n2[nH]c(=Nc3cc4c(cn3)n(C([2H])([2H])[2H])c(=O)n4[C@@H]3CC[C@@]([2H])(NC(=O)OC)C3)ccc12. The normalized spacial score (nSPS) is 29.3. The van der Waals surface area contributed by atoms with E-state index in [0.717, 1.165) is 0 Å². The number of carbonyl (C=O) groups excluding carboxylic acids is 2. The van der Waals surface area contributed by atoms with Crippen molar-refractivity contribution in [3.63, 3.8) is 0 Å². The van der Waals surface area contributed by atoms with Crippen molar-refractivity contribution in [3.8, 4) is 0 Å². The number of carbonyl (C=O) groups is 2. The first-order valence-corrected chi connectivity index (χ1v) is 12.2. The second kappa shape index (κ2) is 9.06. The molecule has 0 radical (unpaired) electrons. The average molecular weight is 543 g/mol. The van der Waals surface area contributed by atoms with Crippen molar-refractivity contribution in [2.75, 3.05) is 7.11 Å². The molecule has 2 saturated carbocycles. The van der Waals surface area contributed by atoms with Gasteiger partial charge < -0.3 is 15.8 Å². The van der Waals surface area contributed by atoms with E-state index in [9.17, 15) is 18.8 Å². The van der Waals surface area contributed by atoms with Crippen molar-refractivity contribution in [1.82, 2.24) is 34.0 Å². The van der Waals surface area contributed by atoms with Gasteiger partial charge in [-0.2, -0.15) is 0 Å². The lowest BCUT2D eigenvalue weighted by atomic mass is 9.66. The highest BCUT2D eigenvalue weighted by atomic mass is 19.1. The number of H-pyrrole nitrogens is 1.